The SMILES string of the molecule is Cc1cc(N)ccc1N1CCC2(CC1)CCN2C. The highest BCUT2D eigenvalue weighted by atomic mass is 15.3. The number of hydrogen-bond donors (Lipinski definition) is 1. The Kier molecular flexibility index (Phi) is 2.74. The van der Waals surface area contributed by atoms with E-state index in [1.807, 2.05) is 6.07 Å². The molecule has 0 aromatic heterocycles. The quantitative estimate of drug-likeness (QED) is 0.770. The van der Waals surface area contributed by atoms with Crippen molar-refractivity contribution >= 4 is 11.4 Å². The van der Waals surface area contributed by atoms with Crippen molar-refractivity contribution in [3.8, 4) is 0 Å². The van der Waals surface area contributed by atoms with Crippen LogP contribution in [0.5, 0.6) is 0 Å². The lowest BCUT2D eigenvalue weighted by Gasteiger charge is -2.55. The molecule has 2 aliphatic rings. The maximum atomic E-state index is 5.82. The lowest BCUT2D eigenvalue weighted by Crippen LogP contribution is -2.62. The van der Waals surface area contributed by atoms with Crippen molar-refractivity contribution in [1.82, 2.24) is 4.90 Å². The summed E-state index contributed by atoms with van der Waals surface area (Å²) in [7, 11) is 2.27. The van der Waals surface area contributed by atoms with Crippen LogP contribution in [0.4, 0.5) is 11.4 Å². The standard InChI is InChI=1S/C15H23N3/c1-12-11-13(16)3-4-14(12)18-9-6-15(7-10-18)5-8-17(15)2/h3-4,11H,5-10,16H2,1-2H3. The summed E-state index contributed by atoms with van der Waals surface area (Å²) in [6.45, 7) is 5.79. The molecule has 1 aromatic carbocycles. The van der Waals surface area contributed by atoms with Crippen molar-refractivity contribution in [3.05, 3.63) is 23.8 Å². The summed E-state index contributed by atoms with van der Waals surface area (Å²) < 4.78 is 0. The van der Waals surface area contributed by atoms with E-state index in [9.17, 15) is 0 Å². The maximum absolute atomic E-state index is 5.82. The van der Waals surface area contributed by atoms with E-state index in [-0.39, 0.29) is 0 Å². The van der Waals surface area contributed by atoms with Gasteiger partial charge in [0, 0.05) is 36.5 Å². The molecule has 0 unspecified atom stereocenters. The molecule has 2 saturated heterocycles. The smallest absolute Gasteiger partial charge is 0.0397 e. The first-order valence-corrected chi connectivity index (χ1v) is 6.93. The van der Waals surface area contributed by atoms with Gasteiger partial charge in [0.05, 0.1) is 0 Å². The van der Waals surface area contributed by atoms with E-state index < -0.39 is 0 Å². The minimum atomic E-state index is 0.526. The molecule has 1 aromatic rings. The molecule has 2 fully saturated rings. The Labute approximate surface area is 110 Å². The summed E-state index contributed by atoms with van der Waals surface area (Å²) in [4.78, 5) is 5.06. The zero-order valence-corrected chi connectivity index (χ0v) is 11.4. The molecule has 0 aliphatic carbocycles. The predicted octanol–water partition coefficient (Wildman–Crippen LogP) is 2.25. The molecule has 3 nitrogen and oxygen atoms in total. The highest BCUT2D eigenvalue weighted by Crippen LogP contribution is 2.39. The van der Waals surface area contributed by atoms with Crippen LogP contribution in [0.2, 0.25) is 0 Å². The Balaban J connectivity index is 1.72. The fourth-order valence-electron chi connectivity index (χ4n) is 3.48. The number of anilines is 2. The third-order valence-corrected chi connectivity index (χ3v) is 4.98. The number of likely N-dealkylation sites (tertiary alicyclic amines) is 1. The molecule has 0 bridgehead atoms. The van der Waals surface area contributed by atoms with Crippen LogP contribution in [0.25, 0.3) is 0 Å². The minimum Gasteiger partial charge on any atom is -0.399 e. The van der Waals surface area contributed by atoms with E-state index in [1.165, 1.54) is 50.1 Å². The van der Waals surface area contributed by atoms with Gasteiger partial charge in [-0.25, -0.2) is 0 Å². The molecule has 2 heterocycles. The minimum absolute atomic E-state index is 0.526. The summed E-state index contributed by atoms with van der Waals surface area (Å²) in [5.41, 5.74) is 9.88. The van der Waals surface area contributed by atoms with Crippen LogP contribution < -0.4 is 10.6 Å². The number of nitrogens with zero attached hydrogens (tertiary/aromatic N) is 2. The molecule has 3 rings (SSSR count). The van der Waals surface area contributed by atoms with Gasteiger partial charge in [-0.2, -0.15) is 0 Å². The third kappa shape index (κ3) is 1.77. The second-order valence-corrected chi connectivity index (χ2v) is 5.93. The van der Waals surface area contributed by atoms with Gasteiger partial charge in [-0.1, -0.05) is 0 Å². The van der Waals surface area contributed by atoms with Gasteiger partial charge in [-0.15, -0.1) is 0 Å². The predicted molar refractivity (Wildman–Crippen MR) is 77.0 cm³/mol. The molecule has 0 atom stereocenters. The van der Waals surface area contributed by atoms with E-state index in [1.54, 1.807) is 0 Å². The van der Waals surface area contributed by atoms with Crippen LogP contribution in [0.1, 0.15) is 24.8 Å². The van der Waals surface area contributed by atoms with Gasteiger partial charge in [0.25, 0.3) is 0 Å². The first-order chi connectivity index (χ1) is 8.61. The summed E-state index contributed by atoms with van der Waals surface area (Å²) in [6, 6.07) is 6.27. The van der Waals surface area contributed by atoms with Crippen LogP contribution in [0.15, 0.2) is 18.2 Å². The molecule has 98 valence electrons. The number of aryl methyl sites for hydroxylation is 1. The first-order valence-electron chi connectivity index (χ1n) is 6.93. The molecule has 2 aliphatic heterocycles. The molecule has 0 amide bonds. The van der Waals surface area contributed by atoms with Crippen LogP contribution in [-0.2, 0) is 0 Å². The number of benzene rings is 1. The van der Waals surface area contributed by atoms with Crippen LogP contribution in [0.3, 0.4) is 0 Å². The van der Waals surface area contributed by atoms with E-state index in [0.717, 1.165) is 5.69 Å². The van der Waals surface area contributed by atoms with Crippen molar-refractivity contribution in [3.63, 3.8) is 0 Å². The van der Waals surface area contributed by atoms with E-state index >= 15 is 0 Å². The summed E-state index contributed by atoms with van der Waals surface area (Å²) in [5, 5.41) is 0. The number of nitrogen functional groups attached to an aromatic ring is 1. The fourth-order valence-corrected chi connectivity index (χ4v) is 3.48. The van der Waals surface area contributed by atoms with Crippen molar-refractivity contribution < 1.29 is 0 Å². The Morgan fingerprint density at radius 1 is 1.11 bits per heavy atom. The summed E-state index contributed by atoms with van der Waals surface area (Å²) in [5.74, 6) is 0. The second-order valence-electron chi connectivity index (χ2n) is 5.93. The topological polar surface area (TPSA) is 32.5 Å². The average molecular weight is 245 g/mol. The van der Waals surface area contributed by atoms with E-state index in [2.05, 4.69) is 35.9 Å². The Morgan fingerprint density at radius 3 is 2.28 bits per heavy atom. The largest absolute Gasteiger partial charge is 0.399 e. The molecule has 2 N–H and O–H groups in total. The second kappa shape index (κ2) is 4.16. The zero-order valence-electron chi connectivity index (χ0n) is 11.4. The lowest BCUT2D eigenvalue weighted by molar-refractivity contribution is -0.00916. The first kappa shape index (κ1) is 11.8. The highest BCUT2D eigenvalue weighted by Gasteiger charge is 2.44. The van der Waals surface area contributed by atoms with Crippen molar-refractivity contribution in [2.75, 3.05) is 37.3 Å². The van der Waals surface area contributed by atoms with Crippen molar-refractivity contribution in [2.45, 2.75) is 31.7 Å². The third-order valence-electron chi connectivity index (χ3n) is 4.98. The molecule has 0 radical (unpaired) electrons. The molecule has 18 heavy (non-hydrogen) atoms. The Hall–Kier alpha value is -1.22. The van der Waals surface area contributed by atoms with Gasteiger partial charge in [-0.05, 0) is 57.0 Å². The zero-order chi connectivity index (χ0) is 12.8. The van der Waals surface area contributed by atoms with Gasteiger partial charge in [-0.3, -0.25) is 0 Å². The van der Waals surface area contributed by atoms with Crippen LogP contribution in [0, 0.1) is 6.92 Å². The normalized spacial score (nSPS) is 23.1. The van der Waals surface area contributed by atoms with Gasteiger partial charge in [0.15, 0.2) is 0 Å². The average Bonchev–Trinajstić information content (AvgIpc) is 2.37. The van der Waals surface area contributed by atoms with Gasteiger partial charge in [0.1, 0.15) is 0 Å². The summed E-state index contributed by atoms with van der Waals surface area (Å²) in [6.07, 6.45) is 3.98. The van der Waals surface area contributed by atoms with Crippen molar-refractivity contribution in [1.29, 1.82) is 0 Å². The lowest BCUT2D eigenvalue weighted by atomic mass is 9.77. The highest BCUT2D eigenvalue weighted by molar-refractivity contribution is 5.59. The van der Waals surface area contributed by atoms with E-state index in [0.29, 0.717) is 5.54 Å². The number of rotatable bonds is 1. The van der Waals surface area contributed by atoms with Gasteiger partial charge < -0.3 is 15.5 Å². The molecular formula is C15H23N3. The summed E-state index contributed by atoms with van der Waals surface area (Å²) >= 11 is 0. The molecule has 0 saturated carbocycles. The molecular weight excluding hydrogens is 222 g/mol. The van der Waals surface area contributed by atoms with Crippen LogP contribution >= 0.6 is 0 Å². The number of hydrogen-bond acceptors (Lipinski definition) is 3. The Bertz CT molecular complexity index is 447. The van der Waals surface area contributed by atoms with E-state index in [4.69, 9.17) is 5.73 Å². The number of piperidine rings is 1. The number of nitrogens with two attached hydrogens (primary N) is 1. The van der Waals surface area contributed by atoms with Gasteiger partial charge >= 0.3 is 0 Å². The maximum Gasteiger partial charge on any atom is 0.0397 e. The van der Waals surface area contributed by atoms with Gasteiger partial charge in [0.2, 0.25) is 0 Å². The molecule has 1 spiro atoms. The van der Waals surface area contributed by atoms with Crippen molar-refractivity contribution in [2.24, 2.45) is 0 Å². The fraction of sp³-hybridized carbons (Fsp3) is 0.600. The molecule has 3 heteroatoms. The Morgan fingerprint density at radius 2 is 1.78 bits per heavy atom. The van der Waals surface area contributed by atoms with Crippen LogP contribution in [-0.4, -0.2) is 37.1 Å². The monoisotopic (exact) mass is 245 g/mol.